The second kappa shape index (κ2) is 6.08. The number of carbonyl (C=O) groups is 1. The van der Waals surface area contributed by atoms with Crippen LogP contribution in [0.15, 0.2) is 47.5 Å². The van der Waals surface area contributed by atoms with Crippen molar-refractivity contribution in [2.75, 3.05) is 0 Å². The number of carbonyl (C=O) groups excluding carboxylic acids is 1. The predicted octanol–water partition coefficient (Wildman–Crippen LogP) is 3.51. The Balaban J connectivity index is 2.15. The number of thiol groups is 1. The summed E-state index contributed by atoms with van der Waals surface area (Å²) in [6.07, 6.45) is 1.69. The standard InChI is InChI=1S/C14H13ClN2OS/c1-9(13-4-2-3-7-16-13)17-14(18)11-8-10(19)5-6-12(11)15/h2-9,19H,1H3,(H,17,18). The first-order chi connectivity index (χ1) is 9.08. The van der Waals surface area contributed by atoms with Crippen LogP contribution in [0.5, 0.6) is 0 Å². The molecule has 19 heavy (non-hydrogen) atoms. The zero-order valence-electron chi connectivity index (χ0n) is 10.3. The van der Waals surface area contributed by atoms with Crippen LogP contribution in [-0.4, -0.2) is 10.9 Å². The fourth-order valence-electron chi connectivity index (χ4n) is 1.67. The van der Waals surface area contributed by atoms with Gasteiger partial charge < -0.3 is 5.32 Å². The highest BCUT2D eigenvalue weighted by Gasteiger charge is 2.14. The van der Waals surface area contributed by atoms with E-state index in [-0.39, 0.29) is 11.9 Å². The van der Waals surface area contributed by atoms with E-state index in [1.54, 1.807) is 24.4 Å². The maximum absolute atomic E-state index is 12.1. The van der Waals surface area contributed by atoms with Crippen LogP contribution in [0, 0.1) is 0 Å². The molecule has 0 spiro atoms. The van der Waals surface area contributed by atoms with Crippen LogP contribution in [0.2, 0.25) is 5.02 Å². The number of nitrogens with zero attached hydrogens (tertiary/aromatic N) is 1. The highest BCUT2D eigenvalue weighted by molar-refractivity contribution is 7.80. The summed E-state index contributed by atoms with van der Waals surface area (Å²) in [5, 5.41) is 3.27. The van der Waals surface area contributed by atoms with Crippen molar-refractivity contribution in [3.05, 3.63) is 58.9 Å². The molecule has 1 atom stereocenters. The Hall–Kier alpha value is -1.52. The number of halogens is 1. The van der Waals surface area contributed by atoms with Gasteiger partial charge in [0.2, 0.25) is 0 Å². The molecule has 0 aliphatic rings. The Labute approximate surface area is 122 Å². The van der Waals surface area contributed by atoms with Crippen LogP contribution >= 0.6 is 24.2 Å². The maximum Gasteiger partial charge on any atom is 0.253 e. The average molecular weight is 293 g/mol. The van der Waals surface area contributed by atoms with E-state index in [1.807, 2.05) is 25.1 Å². The summed E-state index contributed by atoms with van der Waals surface area (Å²) in [6.45, 7) is 1.87. The van der Waals surface area contributed by atoms with E-state index in [0.29, 0.717) is 15.5 Å². The first-order valence-electron chi connectivity index (χ1n) is 5.78. The Kier molecular flexibility index (Phi) is 4.45. The number of amides is 1. The molecule has 0 bridgehead atoms. The molecule has 1 unspecified atom stereocenters. The summed E-state index contributed by atoms with van der Waals surface area (Å²) in [6, 6.07) is 10.4. The lowest BCUT2D eigenvalue weighted by atomic mass is 10.1. The summed E-state index contributed by atoms with van der Waals surface area (Å²) in [7, 11) is 0. The summed E-state index contributed by atoms with van der Waals surface area (Å²) in [4.78, 5) is 17.0. The van der Waals surface area contributed by atoms with Gasteiger partial charge in [0.25, 0.3) is 5.91 Å². The quantitative estimate of drug-likeness (QED) is 0.850. The lowest BCUT2D eigenvalue weighted by molar-refractivity contribution is 0.0939. The van der Waals surface area contributed by atoms with Crippen LogP contribution in [0.3, 0.4) is 0 Å². The number of hydrogen-bond acceptors (Lipinski definition) is 3. The zero-order valence-corrected chi connectivity index (χ0v) is 11.9. The van der Waals surface area contributed by atoms with Crippen molar-refractivity contribution in [3.8, 4) is 0 Å². The Bertz CT molecular complexity index is 589. The molecule has 0 radical (unpaired) electrons. The minimum atomic E-state index is -0.237. The van der Waals surface area contributed by atoms with Gasteiger partial charge in [0.15, 0.2) is 0 Å². The highest BCUT2D eigenvalue weighted by Crippen LogP contribution is 2.20. The van der Waals surface area contributed by atoms with Gasteiger partial charge in [-0.1, -0.05) is 17.7 Å². The second-order valence-corrected chi connectivity index (χ2v) is 5.04. The molecule has 0 saturated carbocycles. The first kappa shape index (κ1) is 13.9. The number of hydrogen-bond donors (Lipinski definition) is 2. The highest BCUT2D eigenvalue weighted by atomic mass is 35.5. The molecule has 1 N–H and O–H groups in total. The van der Waals surface area contributed by atoms with E-state index in [9.17, 15) is 4.79 Å². The van der Waals surface area contributed by atoms with Crippen LogP contribution in [0.25, 0.3) is 0 Å². The molecule has 2 aromatic rings. The Morgan fingerprint density at radius 2 is 2.16 bits per heavy atom. The third kappa shape index (κ3) is 3.49. The molecule has 2 rings (SSSR count). The van der Waals surface area contributed by atoms with Crippen molar-refractivity contribution >= 4 is 30.1 Å². The van der Waals surface area contributed by atoms with Crippen molar-refractivity contribution in [2.45, 2.75) is 17.9 Å². The number of aromatic nitrogens is 1. The molecule has 98 valence electrons. The molecule has 1 aromatic heterocycles. The second-order valence-electron chi connectivity index (χ2n) is 4.11. The van der Waals surface area contributed by atoms with Crippen LogP contribution in [0.4, 0.5) is 0 Å². The third-order valence-corrected chi connectivity index (χ3v) is 3.28. The SMILES string of the molecule is CC(NC(=O)c1cc(S)ccc1Cl)c1ccccn1. The van der Waals surface area contributed by atoms with Crippen LogP contribution in [0.1, 0.15) is 29.0 Å². The molecule has 0 saturated heterocycles. The van der Waals surface area contributed by atoms with E-state index in [0.717, 1.165) is 5.69 Å². The molecular weight excluding hydrogens is 280 g/mol. The molecule has 0 aliphatic carbocycles. The molecule has 1 amide bonds. The largest absolute Gasteiger partial charge is 0.344 e. The lowest BCUT2D eigenvalue weighted by Gasteiger charge is -2.14. The summed E-state index contributed by atoms with van der Waals surface area (Å²) in [5.74, 6) is -0.237. The number of benzene rings is 1. The summed E-state index contributed by atoms with van der Waals surface area (Å²) < 4.78 is 0. The molecular formula is C14H13ClN2OS. The predicted molar refractivity (Wildman–Crippen MR) is 78.8 cm³/mol. The van der Waals surface area contributed by atoms with E-state index in [4.69, 9.17) is 11.6 Å². The van der Waals surface area contributed by atoms with Crippen LogP contribution in [-0.2, 0) is 0 Å². The van der Waals surface area contributed by atoms with Crippen molar-refractivity contribution in [1.82, 2.24) is 10.3 Å². The summed E-state index contributed by atoms with van der Waals surface area (Å²) in [5.41, 5.74) is 1.21. The van der Waals surface area contributed by atoms with Gasteiger partial charge in [-0.3, -0.25) is 9.78 Å². The fourth-order valence-corrected chi connectivity index (χ4v) is 2.07. The normalized spacial score (nSPS) is 11.9. The van der Waals surface area contributed by atoms with E-state index < -0.39 is 0 Å². The molecule has 0 fully saturated rings. The van der Waals surface area contributed by atoms with E-state index in [1.165, 1.54) is 0 Å². The number of rotatable bonds is 3. The van der Waals surface area contributed by atoms with Crippen molar-refractivity contribution < 1.29 is 4.79 Å². The Morgan fingerprint density at radius 3 is 2.84 bits per heavy atom. The van der Waals surface area contributed by atoms with Gasteiger partial charge >= 0.3 is 0 Å². The summed E-state index contributed by atoms with van der Waals surface area (Å²) >= 11 is 10.2. The molecule has 3 nitrogen and oxygen atoms in total. The van der Waals surface area contributed by atoms with Gasteiger partial charge in [-0.15, -0.1) is 12.6 Å². The monoisotopic (exact) mass is 292 g/mol. The molecule has 5 heteroatoms. The van der Waals surface area contributed by atoms with Crippen molar-refractivity contribution in [2.24, 2.45) is 0 Å². The van der Waals surface area contributed by atoms with Gasteiger partial charge in [-0.05, 0) is 37.3 Å². The minimum Gasteiger partial charge on any atom is -0.344 e. The Morgan fingerprint density at radius 1 is 1.37 bits per heavy atom. The van der Waals surface area contributed by atoms with Gasteiger partial charge in [-0.2, -0.15) is 0 Å². The van der Waals surface area contributed by atoms with Gasteiger partial charge in [0.1, 0.15) is 0 Å². The first-order valence-corrected chi connectivity index (χ1v) is 6.61. The van der Waals surface area contributed by atoms with Gasteiger partial charge in [-0.25, -0.2) is 0 Å². The fraction of sp³-hybridized carbons (Fsp3) is 0.143. The van der Waals surface area contributed by atoms with Crippen molar-refractivity contribution in [3.63, 3.8) is 0 Å². The average Bonchev–Trinajstić information content (AvgIpc) is 2.42. The van der Waals surface area contributed by atoms with Crippen molar-refractivity contribution in [1.29, 1.82) is 0 Å². The van der Waals surface area contributed by atoms with Gasteiger partial charge in [0.05, 0.1) is 22.3 Å². The number of nitrogens with one attached hydrogen (secondary N) is 1. The molecule has 1 heterocycles. The van der Waals surface area contributed by atoms with E-state index >= 15 is 0 Å². The third-order valence-electron chi connectivity index (χ3n) is 2.67. The zero-order chi connectivity index (χ0) is 13.8. The molecule has 1 aromatic carbocycles. The molecule has 0 aliphatic heterocycles. The maximum atomic E-state index is 12.1. The van der Waals surface area contributed by atoms with Crippen LogP contribution < -0.4 is 5.32 Å². The lowest BCUT2D eigenvalue weighted by Crippen LogP contribution is -2.27. The minimum absolute atomic E-state index is 0.187. The topological polar surface area (TPSA) is 42.0 Å². The number of pyridine rings is 1. The smallest absolute Gasteiger partial charge is 0.253 e. The van der Waals surface area contributed by atoms with E-state index in [2.05, 4.69) is 22.9 Å². The van der Waals surface area contributed by atoms with Gasteiger partial charge in [0, 0.05) is 11.1 Å².